The van der Waals surface area contributed by atoms with Crippen LogP contribution in [0.25, 0.3) is 0 Å². The van der Waals surface area contributed by atoms with Gasteiger partial charge in [-0.3, -0.25) is 0 Å². The largest absolute Gasteiger partial charge is 0.416 e. The fraction of sp³-hybridized carbons (Fsp3) is 0.455. The summed E-state index contributed by atoms with van der Waals surface area (Å²) in [4.78, 5) is 0. The Morgan fingerprint density at radius 2 is 1.93 bits per heavy atom. The molecule has 1 fully saturated rings. The molecule has 0 heterocycles. The summed E-state index contributed by atoms with van der Waals surface area (Å²) in [6, 6.07) is 3.99. The second-order valence-electron chi connectivity index (χ2n) is 3.84. The van der Waals surface area contributed by atoms with E-state index in [-0.39, 0.29) is 0 Å². The summed E-state index contributed by atoms with van der Waals surface area (Å²) in [5, 5.41) is 0. The molecule has 15 heavy (non-hydrogen) atoms. The molecule has 82 valence electrons. The van der Waals surface area contributed by atoms with Crippen molar-refractivity contribution in [2.24, 2.45) is 0 Å². The van der Waals surface area contributed by atoms with Crippen LogP contribution in [0.1, 0.15) is 35.4 Å². The Kier molecular flexibility index (Phi) is 2.71. The number of rotatable bonds is 2. The third-order valence-corrected chi connectivity index (χ3v) is 3.00. The van der Waals surface area contributed by atoms with Crippen LogP contribution in [-0.4, -0.2) is 0 Å². The van der Waals surface area contributed by atoms with Crippen molar-refractivity contribution in [3.8, 4) is 0 Å². The zero-order valence-electron chi connectivity index (χ0n) is 8.01. The van der Waals surface area contributed by atoms with E-state index in [0.29, 0.717) is 11.7 Å². The molecule has 0 unspecified atom stereocenters. The molecule has 0 spiro atoms. The summed E-state index contributed by atoms with van der Waals surface area (Å²) in [7, 11) is 0. The first-order valence-corrected chi connectivity index (χ1v) is 5.46. The summed E-state index contributed by atoms with van der Waals surface area (Å²) in [5.41, 5.74) is 1.18. The molecule has 1 aliphatic carbocycles. The van der Waals surface area contributed by atoms with Gasteiger partial charge in [0.15, 0.2) is 0 Å². The lowest BCUT2D eigenvalue weighted by Gasteiger charge is -2.11. The van der Waals surface area contributed by atoms with Crippen LogP contribution in [0.5, 0.6) is 0 Å². The Balaban J connectivity index is 2.38. The number of alkyl halides is 3. The predicted octanol–water partition coefficient (Wildman–Crippen LogP) is 4.01. The standard InChI is InChI=1S/C11H11F3S/c12-11(13,14)9-3-4-10(7-1-2-7)8(5-9)6-15/h3-5,7,15H,1-2,6H2. The van der Waals surface area contributed by atoms with Crippen molar-refractivity contribution in [2.75, 3.05) is 0 Å². The maximum absolute atomic E-state index is 12.4. The van der Waals surface area contributed by atoms with E-state index in [9.17, 15) is 13.2 Å². The van der Waals surface area contributed by atoms with Gasteiger partial charge in [0.2, 0.25) is 0 Å². The first kappa shape index (κ1) is 10.9. The maximum Gasteiger partial charge on any atom is 0.416 e. The van der Waals surface area contributed by atoms with E-state index in [1.54, 1.807) is 6.07 Å². The van der Waals surface area contributed by atoms with Gasteiger partial charge in [0.25, 0.3) is 0 Å². The number of thiol groups is 1. The van der Waals surface area contributed by atoms with Gasteiger partial charge in [0.05, 0.1) is 5.56 Å². The fourth-order valence-electron chi connectivity index (χ4n) is 1.71. The average molecular weight is 232 g/mol. The molecule has 0 aliphatic heterocycles. The van der Waals surface area contributed by atoms with E-state index in [2.05, 4.69) is 12.6 Å². The molecule has 1 saturated carbocycles. The highest BCUT2D eigenvalue weighted by atomic mass is 32.1. The van der Waals surface area contributed by atoms with Crippen molar-refractivity contribution in [1.82, 2.24) is 0 Å². The van der Waals surface area contributed by atoms with E-state index in [1.165, 1.54) is 12.1 Å². The molecule has 4 heteroatoms. The Hall–Kier alpha value is -0.640. The highest BCUT2D eigenvalue weighted by Gasteiger charge is 2.32. The van der Waals surface area contributed by atoms with Gasteiger partial charge in [-0.1, -0.05) is 6.07 Å². The Labute approximate surface area is 91.9 Å². The minimum absolute atomic E-state index is 0.371. The number of halogens is 3. The molecule has 0 N–H and O–H groups in total. The molecule has 0 amide bonds. The van der Waals surface area contributed by atoms with Crippen molar-refractivity contribution in [3.05, 3.63) is 34.9 Å². The maximum atomic E-state index is 12.4. The molecule has 0 atom stereocenters. The molecular formula is C11H11F3S. The number of hydrogen-bond acceptors (Lipinski definition) is 1. The molecule has 2 rings (SSSR count). The van der Waals surface area contributed by atoms with Gasteiger partial charge in [-0.2, -0.15) is 25.8 Å². The van der Waals surface area contributed by atoms with Crippen molar-refractivity contribution < 1.29 is 13.2 Å². The predicted molar refractivity (Wildman–Crippen MR) is 56.1 cm³/mol. The minimum Gasteiger partial charge on any atom is -0.175 e. The third-order valence-electron chi connectivity index (χ3n) is 2.66. The second-order valence-corrected chi connectivity index (χ2v) is 4.16. The molecule has 1 aromatic rings. The number of benzene rings is 1. The van der Waals surface area contributed by atoms with E-state index in [4.69, 9.17) is 0 Å². The quantitative estimate of drug-likeness (QED) is 0.732. The van der Waals surface area contributed by atoms with Crippen molar-refractivity contribution in [2.45, 2.75) is 30.7 Å². The summed E-state index contributed by atoms with van der Waals surface area (Å²) >= 11 is 4.08. The van der Waals surface area contributed by atoms with Crippen LogP contribution in [0.3, 0.4) is 0 Å². The van der Waals surface area contributed by atoms with E-state index in [0.717, 1.165) is 24.0 Å². The molecule has 1 aliphatic rings. The highest BCUT2D eigenvalue weighted by Crippen LogP contribution is 2.43. The summed E-state index contributed by atoms with van der Waals surface area (Å²) < 4.78 is 37.3. The molecule has 0 saturated heterocycles. The molecule has 0 bridgehead atoms. The second kappa shape index (κ2) is 3.74. The van der Waals surface area contributed by atoms with Gasteiger partial charge < -0.3 is 0 Å². The zero-order valence-corrected chi connectivity index (χ0v) is 8.91. The van der Waals surface area contributed by atoms with Crippen LogP contribution in [0.4, 0.5) is 13.2 Å². The summed E-state index contributed by atoms with van der Waals surface area (Å²) in [5.74, 6) is 0.838. The lowest BCUT2D eigenvalue weighted by molar-refractivity contribution is -0.137. The first-order chi connectivity index (χ1) is 7.02. The van der Waals surface area contributed by atoms with Crippen molar-refractivity contribution in [3.63, 3.8) is 0 Å². The van der Waals surface area contributed by atoms with Crippen LogP contribution in [0, 0.1) is 0 Å². The molecule has 0 aromatic heterocycles. The monoisotopic (exact) mass is 232 g/mol. The normalized spacial score (nSPS) is 16.8. The summed E-state index contributed by atoms with van der Waals surface area (Å²) in [6.07, 6.45) is -2.07. The van der Waals surface area contributed by atoms with Gasteiger partial charge in [0, 0.05) is 5.75 Å². The minimum atomic E-state index is -4.25. The van der Waals surface area contributed by atoms with E-state index in [1.807, 2.05) is 0 Å². The third kappa shape index (κ3) is 2.30. The van der Waals surface area contributed by atoms with Gasteiger partial charge in [-0.05, 0) is 42.0 Å². The van der Waals surface area contributed by atoms with Crippen molar-refractivity contribution >= 4 is 12.6 Å². The molecule has 0 radical (unpaired) electrons. The van der Waals surface area contributed by atoms with Crippen LogP contribution >= 0.6 is 12.6 Å². The van der Waals surface area contributed by atoms with Crippen LogP contribution in [-0.2, 0) is 11.9 Å². The highest BCUT2D eigenvalue weighted by molar-refractivity contribution is 7.79. The van der Waals surface area contributed by atoms with Crippen molar-refractivity contribution in [1.29, 1.82) is 0 Å². The lowest BCUT2D eigenvalue weighted by Crippen LogP contribution is -2.06. The van der Waals surface area contributed by atoms with Gasteiger partial charge in [0.1, 0.15) is 0 Å². The lowest BCUT2D eigenvalue weighted by atomic mass is 10.0. The average Bonchev–Trinajstić information content (AvgIpc) is 2.98. The van der Waals surface area contributed by atoms with Crippen LogP contribution < -0.4 is 0 Å². The Morgan fingerprint density at radius 3 is 2.40 bits per heavy atom. The molecule has 1 aromatic carbocycles. The smallest absolute Gasteiger partial charge is 0.175 e. The Bertz CT molecular complexity index is 367. The summed E-state index contributed by atoms with van der Waals surface area (Å²) in [6.45, 7) is 0. The zero-order chi connectivity index (χ0) is 11.1. The first-order valence-electron chi connectivity index (χ1n) is 4.83. The Morgan fingerprint density at radius 1 is 1.27 bits per heavy atom. The van der Waals surface area contributed by atoms with Gasteiger partial charge >= 0.3 is 6.18 Å². The van der Waals surface area contributed by atoms with Gasteiger partial charge in [-0.25, -0.2) is 0 Å². The molecular weight excluding hydrogens is 221 g/mol. The molecule has 0 nitrogen and oxygen atoms in total. The van der Waals surface area contributed by atoms with Gasteiger partial charge in [-0.15, -0.1) is 0 Å². The van der Waals surface area contributed by atoms with Crippen LogP contribution in [0.15, 0.2) is 18.2 Å². The number of hydrogen-bond donors (Lipinski definition) is 1. The van der Waals surface area contributed by atoms with Crippen LogP contribution in [0.2, 0.25) is 0 Å². The fourth-order valence-corrected chi connectivity index (χ4v) is 1.99. The SMILES string of the molecule is FC(F)(F)c1ccc(C2CC2)c(CS)c1. The van der Waals surface area contributed by atoms with E-state index < -0.39 is 11.7 Å². The van der Waals surface area contributed by atoms with E-state index >= 15 is 0 Å². The topological polar surface area (TPSA) is 0 Å².